The Hall–Kier alpha value is 1.41. The van der Waals surface area contributed by atoms with Crippen molar-refractivity contribution in [3.8, 4) is 0 Å². The Labute approximate surface area is 150 Å². The molecule has 0 spiro atoms. The van der Waals surface area contributed by atoms with Crippen LogP contribution in [0.4, 0.5) is 0 Å². The second-order valence-corrected chi connectivity index (χ2v) is 4.64. The van der Waals surface area contributed by atoms with Gasteiger partial charge in [0, 0.05) is 0 Å². The SMILES string of the molecule is C1CCCCCCNCCCCCC1.Cl.Cl.Cl.Cl.Cl. The van der Waals surface area contributed by atoms with Crippen molar-refractivity contribution in [2.75, 3.05) is 13.1 Å². The molecule has 6 heteroatoms. The molecule has 1 aliphatic heterocycles. The van der Waals surface area contributed by atoms with Gasteiger partial charge < -0.3 is 5.32 Å². The molecule has 1 nitrogen and oxygen atoms in total. The van der Waals surface area contributed by atoms with Crippen LogP contribution in [0.1, 0.15) is 70.6 Å². The van der Waals surface area contributed by atoms with Crippen molar-refractivity contribution in [2.45, 2.75) is 70.6 Å². The van der Waals surface area contributed by atoms with Crippen LogP contribution < -0.4 is 5.32 Å². The summed E-state index contributed by atoms with van der Waals surface area (Å²) in [5.74, 6) is 0. The van der Waals surface area contributed by atoms with Crippen LogP contribution in [0.2, 0.25) is 0 Å². The van der Waals surface area contributed by atoms with Crippen LogP contribution >= 0.6 is 62.0 Å². The van der Waals surface area contributed by atoms with Crippen molar-refractivity contribution >= 4 is 62.0 Å². The first-order valence-electron chi connectivity index (χ1n) is 6.71. The largest absolute Gasteiger partial charge is 0.317 e. The van der Waals surface area contributed by atoms with Gasteiger partial charge in [0.05, 0.1) is 0 Å². The second-order valence-electron chi connectivity index (χ2n) is 4.64. The van der Waals surface area contributed by atoms with Gasteiger partial charge in [-0.1, -0.05) is 57.8 Å². The van der Waals surface area contributed by atoms with E-state index in [1.165, 1.54) is 83.7 Å². The van der Waals surface area contributed by atoms with Gasteiger partial charge in [-0.15, -0.1) is 62.0 Å². The van der Waals surface area contributed by atoms with E-state index in [2.05, 4.69) is 5.32 Å². The van der Waals surface area contributed by atoms with E-state index in [0.29, 0.717) is 0 Å². The van der Waals surface area contributed by atoms with Crippen LogP contribution in [0.5, 0.6) is 0 Å². The summed E-state index contributed by atoms with van der Waals surface area (Å²) in [5, 5.41) is 3.54. The van der Waals surface area contributed by atoms with Crippen molar-refractivity contribution in [3.63, 3.8) is 0 Å². The van der Waals surface area contributed by atoms with Gasteiger partial charge in [0.1, 0.15) is 0 Å². The molecule has 0 saturated carbocycles. The normalized spacial score (nSPS) is 17.7. The van der Waals surface area contributed by atoms with Gasteiger partial charge in [0.2, 0.25) is 0 Å². The van der Waals surface area contributed by atoms with E-state index in [9.17, 15) is 0 Å². The zero-order chi connectivity index (χ0) is 9.90. The van der Waals surface area contributed by atoms with Gasteiger partial charge >= 0.3 is 0 Å². The van der Waals surface area contributed by atoms with Crippen molar-refractivity contribution in [3.05, 3.63) is 0 Å². The predicted octanol–water partition coefficient (Wildman–Crippen LogP) is 5.99. The fourth-order valence-electron chi connectivity index (χ4n) is 2.22. The van der Waals surface area contributed by atoms with Gasteiger partial charge in [0.15, 0.2) is 0 Å². The van der Waals surface area contributed by atoms with E-state index in [1.807, 2.05) is 0 Å². The fraction of sp³-hybridized carbons (Fsp3) is 1.00. The Kier molecular flexibility index (Phi) is 47.2. The number of hydrogen-bond acceptors (Lipinski definition) is 1. The maximum Gasteiger partial charge on any atom is -0.00489 e. The van der Waals surface area contributed by atoms with Crippen LogP contribution in [0.25, 0.3) is 0 Å². The van der Waals surface area contributed by atoms with Crippen molar-refractivity contribution in [2.24, 2.45) is 0 Å². The van der Waals surface area contributed by atoms with Crippen molar-refractivity contribution < 1.29 is 0 Å². The molecule has 0 unspecified atom stereocenters. The third kappa shape index (κ3) is 24.8. The molecule has 1 heterocycles. The molecule has 124 valence electrons. The Balaban J connectivity index is -0.000000131. The first kappa shape index (κ1) is 32.4. The highest BCUT2D eigenvalue weighted by Crippen LogP contribution is 2.11. The Morgan fingerprint density at radius 1 is 0.316 bits per heavy atom. The lowest BCUT2D eigenvalue weighted by Gasteiger charge is -2.07. The number of rotatable bonds is 0. The molecule has 1 N–H and O–H groups in total. The summed E-state index contributed by atoms with van der Waals surface area (Å²) in [6.07, 6.45) is 16.0. The van der Waals surface area contributed by atoms with Crippen molar-refractivity contribution in [1.29, 1.82) is 0 Å². The van der Waals surface area contributed by atoms with E-state index in [-0.39, 0.29) is 62.0 Å². The summed E-state index contributed by atoms with van der Waals surface area (Å²) < 4.78 is 0. The lowest BCUT2D eigenvalue weighted by molar-refractivity contribution is 0.511. The molecule has 0 radical (unpaired) electrons. The number of hydrogen-bond donors (Lipinski definition) is 1. The summed E-state index contributed by atoms with van der Waals surface area (Å²) in [6.45, 7) is 2.50. The molecular weight excluding hydrogens is 347 g/mol. The topological polar surface area (TPSA) is 12.0 Å². The van der Waals surface area contributed by atoms with Gasteiger partial charge in [-0.2, -0.15) is 0 Å². The molecular formula is C13H32Cl5N. The van der Waals surface area contributed by atoms with Gasteiger partial charge in [-0.25, -0.2) is 0 Å². The first-order valence-corrected chi connectivity index (χ1v) is 6.71. The molecule has 1 rings (SSSR count). The van der Waals surface area contributed by atoms with Crippen LogP contribution in [-0.4, -0.2) is 13.1 Å². The molecule has 0 aromatic rings. The molecule has 0 atom stereocenters. The molecule has 0 aromatic carbocycles. The minimum atomic E-state index is 0. The third-order valence-corrected chi connectivity index (χ3v) is 3.21. The number of nitrogens with one attached hydrogen (secondary N) is 1. The lowest BCUT2D eigenvalue weighted by atomic mass is 10.1. The second kappa shape index (κ2) is 27.7. The molecule has 0 aromatic heterocycles. The summed E-state index contributed by atoms with van der Waals surface area (Å²) in [4.78, 5) is 0. The fourth-order valence-corrected chi connectivity index (χ4v) is 2.22. The maximum absolute atomic E-state index is 3.54. The van der Waals surface area contributed by atoms with E-state index >= 15 is 0 Å². The smallest absolute Gasteiger partial charge is 0.00489 e. The van der Waals surface area contributed by atoms with Crippen LogP contribution in [-0.2, 0) is 0 Å². The monoisotopic (exact) mass is 377 g/mol. The quantitative estimate of drug-likeness (QED) is 0.545. The van der Waals surface area contributed by atoms with Crippen LogP contribution in [0.3, 0.4) is 0 Å². The van der Waals surface area contributed by atoms with Gasteiger partial charge in [-0.3, -0.25) is 0 Å². The summed E-state index contributed by atoms with van der Waals surface area (Å²) in [7, 11) is 0. The zero-order valence-corrected chi connectivity index (χ0v) is 15.8. The summed E-state index contributed by atoms with van der Waals surface area (Å²) in [5.41, 5.74) is 0. The Morgan fingerprint density at radius 2 is 0.526 bits per heavy atom. The van der Waals surface area contributed by atoms with Gasteiger partial charge in [0.25, 0.3) is 0 Å². The van der Waals surface area contributed by atoms with E-state index in [1.54, 1.807) is 0 Å². The zero-order valence-electron chi connectivity index (χ0n) is 11.7. The minimum Gasteiger partial charge on any atom is -0.317 e. The third-order valence-electron chi connectivity index (χ3n) is 3.21. The van der Waals surface area contributed by atoms with Crippen LogP contribution in [0, 0.1) is 0 Å². The highest BCUT2D eigenvalue weighted by atomic mass is 35.5. The molecule has 0 amide bonds. The average molecular weight is 380 g/mol. The Bertz CT molecular complexity index is 74.3. The Morgan fingerprint density at radius 3 is 0.789 bits per heavy atom. The summed E-state index contributed by atoms with van der Waals surface area (Å²) in [6, 6.07) is 0. The predicted molar refractivity (Wildman–Crippen MR) is 99.9 cm³/mol. The van der Waals surface area contributed by atoms with Crippen LogP contribution in [0.15, 0.2) is 0 Å². The van der Waals surface area contributed by atoms with E-state index < -0.39 is 0 Å². The summed E-state index contributed by atoms with van der Waals surface area (Å²) >= 11 is 0. The molecule has 0 bridgehead atoms. The average Bonchev–Trinajstić information content (AvgIpc) is 2.22. The lowest BCUT2D eigenvalue weighted by Crippen LogP contribution is -2.16. The minimum absolute atomic E-state index is 0. The van der Waals surface area contributed by atoms with E-state index in [0.717, 1.165) is 0 Å². The highest BCUT2D eigenvalue weighted by Gasteiger charge is 1.95. The maximum atomic E-state index is 3.54. The molecule has 0 aliphatic carbocycles. The first-order chi connectivity index (χ1) is 7.00. The molecule has 19 heavy (non-hydrogen) atoms. The number of halogens is 5. The molecule has 1 fully saturated rings. The van der Waals surface area contributed by atoms with E-state index in [4.69, 9.17) is 0 Å². The van der Waals surface area contributed by atoms with Crippen molar-refractivity contribution in [1.82, 2.24) is 5.32 Å². The molecule has 1 aliphatic rings. The van der Waals surface area contributed by atoms with Gasteiger partial charge in [-0.05, 0) is 25.9 Å². The highest BCUT2D eigenvalue weighted by molar-refractivity contribution is 5.86. The standard InChI is InChI=1S/C13H27N.5ClH/c1-2-4-6-8-10-12-14-13-11-9-7-5-3-1;;;;;/h14H,1-13H2;5*1H. The molecule has 1 saturated heterocycles.